The van der Waals surface area contributed by atoms with Gasteiger partial charge in [0.15, 0.2) is 6.29 Å². The highest BCUT2D eigenvalue weighted by molar-refractivity contribution is 5.83. The van der Waals surface area contributed by atoms with E-state index in [1.165, 1.54) is 0 Å². The van der Waals surface area contributed by atoms with Crippen molar-refractivity contribution in [3.05, 3.63) is 30.5 Å². The van der Waals surface area contributed by atoms with E-state index in [0.29, 0.717) is 5.75 Å². The third kappa shape index (κ3) is 1.51. The second kappa shape index (κ2) is 3.11. The molecule has 0 fully saturated rings. The van der Waals surface area contributed by atoms with E-state index in [-0.39, 0.29) is 0 Å². The lowest BCUT2D eigenvalue weighted by atomic mass is 10.2. The Labute approximate surface area is 75.5 Å². The van der Waals surface area contributed by atoms with Crippen molar-refractivity contribution in [2.24, 2.45) is 0 Å². The van der Waals surface area contributed by atoms with Crippen molar-refractivity contribution < 1.29 is 14.3 Å². The molecule has 0 aliphatic carbocycles. The first-order chi connectivity index (χ1) is 6.27. The Morgan fingerprint density at radius 2 is 2.23 bits per heavy atom. The van der Waals surface area contributed by atoms with Crippen molar-refractivity contribution in [1.29, 1.82) is 0 Å². The van der Waals surface area contributed by atoms with Crippen LogP contribution in [0.5, 0.6) is 5.75 Å². The molecule has 3 heteroatoms. The summed E-state index contributed by atoms with van der Waals surface area (Å²) in [5, 5.41) is 9.93. The first kappa shape index (κ1) is 8.13. The van der Waals surface area contributed by atoms with Crippen molar-refractivity contribution in [2.75, 3.05) is 0 Å². The molecule has 2 rings (SSSR count). The van der Waals surface area contributed by atoms with Crippen LogP contribution in [0.2, 0.25) is 0 Å². The van der Waals surface area contributed by atoms with Crippen LogP contribution in [0.25, 0.3) is 11.0 Å². The van der Waals surface area contributed by atoms with E-state index in [1.807, 2.05) is 18.2 Å². The molecule has 1 aromatic heterocycles. The number of benzene rings is 1. The van der Waals surface area contributed by atoms with Gasteiger partial charge in [-0.2, -0.15) is 0 Å². The maximum atomic E-state index is 9.05. The molecule has 0 aliphatic rings. The fourth-order valence-corrected chi connectivity index (χ4v) is 1.25. The number of aliphatic hydroxyl groups excluding tert-OH is 1. The molecule has 0 saturated heterocycles. The Balaban J connectivity index is 2.48. The summed E-state index contributed by atoms with van der Waals surface area (Å²) in [5.74, 6) is 0.640. The number of ether oxygens (including phenoxy) is 1. The molecule has 1 unspecified atom stereocenters. The number of hydrogen-bond acceptors (Lipinski definition) is 3. The monoisotopic (exact) mass is 178 g/mol. The first-order valence-corrected chi connectivity index (χ1v) is 4.08. The van der Waals surface area contributed by atoms with Crippen LogP contribution in [0.3, 0.4) is 0 Å². The Morgan fingerprint density at radius 1 is 1.38 bits per heavy atom. The second-order valence-electron chi connectivity index (χ2n) is 2.81. The lowest BCUT2D eigenvalue weighted by molar-refractivity contribution is 0.000871. The van der Waals surface area contributed by atoms with Crippen LogP contribution in [0.1, 0.15) is 6.92 Å². The molecule has 1 N–H and O–H groups in total. The summed E-state index contributed by atoms with van der Waals surface area (Å²) in [6, 6.07) is 7.28. The summed E-state index contributed by atoms with van der Waals surface area (Å²) in [4.78, 5) is 0. The van der Waals surface area contributed by atoms with Gasteiger partial charge in [-0.05, 0) is 25.1 Å². The van der Waals surface area contributed by atoms with Gasteiger partial charge in [-0.25, -0.2) is 0 Å². The van der Waals surface area contributed by atoms with Gasteiger partial charge in [0.2, 0.25) is 0 Å². The Kier molecular flexibility index (Phi) is 1.94. The summed E-state index contributed by atoms with van der Waals surface area (Å²) in [6.45, 7) is 1.57. The third-order valence-electron chi connectivity index (χ3n) is 1.75. The van der Waals surface area contributed by atoms with Gasteiger partial charge in [-0.15, -0.1) is 0 Å². The lowest BCUT2D eigenvalue weighted by Gasteiger charge is -2.08. The van der Waals surface area contributed by atoms with Gasteiger partial charge in [0, 0.05) is 0 Å². The van der Waals surface area contributed by atoms with E-state index < -0.39 is 6.29 Å². The molecule has 1 aromatic carbocycles. The maximum Gasteiger partial charge on any atom is 0.194 e. The summed E-state index contributed by atoms with van der Waals surface area (Å²) >= 11 is 0. The molecule has 0 saturated carbocycles. The molecule has 0 radical (unpaired) electrons. The van der Waals surface area contributed by atoms with Crippen molar-refractivity contribution in [3.8, 4) is 5.75 Å². The number of fused-ring (bicyclic) bond motifs is 1. The van der Waals surface area contributed by atoms with Crippen LogP contribution in [-0.2, 0) is 0 Å². The van der Waals surface area contributed by atoms with E-state index >= 15 is 0 Å². The highest BCUT2D eigenvalue weighted by Crippen LogP contribution is 2.26. The van der Waals surface area contributed by atoms with Gasteiger partial charge in [0.25, 0.3) is 0 Å². The molecule has 1 heterocycles. The minimum atomic E-state index is -0.805. The molecule has 0 spiro atoms. The van der Waals surface area contributed by atoms with Gasteiger partial charge in [0.1, 0.15) is 11.3 Å². The zero-order chi connectivity index (χ0) is 9.26. The Bertz CT molecular complexity index is 403. The predicted molar refractivity (Wildman–Crippen MR) is 48.5 cm³/mol. The van der Waals surface area contributed by atoms with Gasteiger partial charge in [-0.1, -0.05) is 6.07 Å². The van der Waals surface area contributed by atoms with Gasteiger partial charge in [0.05, 0.1) is 11.6 Å². The van der Waals surface area contributed by atoms with Crippen molar-refractivity contribution in [2.45, 2.75) is 13.2 Å². The van der Waals surface area contributed by atoms with Crippen molar-refractivity contribution in [1.82, 2.24) is 0 Å². The normalized spacial score (nSPS) is 13.1. The third-order valence-corrected chi connectivity index (χ3v) is 1.75. The average Bonchev–Trinajstić information content (AvgIpc) is 2.51. The SMILES string of the molecule is CC(O)Oc1cccc2occc12. The van der Waals surface area contributed by atoms with Crippen LogP contribution in [0.4, 0.5) is 0 Å². The fourth-order valence-electron chi connectivity index (χ4n) is 1.25. The molecule has 0 aliphatic heterocycles. The van der Waals surface area contributed by atoms with Crippen LogP contribution in [0.15, 0.2) is 34.9 Å². The molecule has 0 bridgehead atoms. The molecule has 3 nitrogen and oxygen atoms in total. The summed E-state index contributed by atoms with van der Waals surface area (Å²) in [6.07, 6.45) is 0.792. The largest absolute Gasteiger partial charge is 0.465 e. The van der Waals surface area contributed by atoms with Crippen molar-refractivity contribution >= 4 is 11.0 Å². The maximum absolute atomic E-state index is 9.05. The van der Waals surface area contributed by atoms with Crippen LogP contribution < -0.4 is 4.74 Å². The molecule has 0 amide bonds. The zero-order valence-electron chi connectivity index (χ0n) is 7.23. The Morgan fingerprint density at radius 3 is 3.00 bits per heavy atom. The topological polar surface area (TPSA) is 42.6 Å². The highest BCUT2D eigenvalue weighted by Gasteiger charge is 2.05. The molecule has 13 heavy (non-hydrogen) atoms. The number of aliphatic hydroxyl groups is 1. The lowest BCUT2D eigenvalue weighted by Crippen LogP contribution is -2.09. The molecular weight excluding hydrogens is 168 g/mol. The predicted octanol–water partition coefficient (Wildman–Crippen LogP) is 2.15. The van der Waals surface area contributed by atoms with E-state index in [9.17, 15) is 0 Å². The molecular formula is C10H10O3. The molecule has 68 valence electrons. The number of rotatable bonds is 2. The molecule has 2 aromatic rings. The van der Waals surface area contributed by atoms with Crippen LogP contribution >= 0.6 is 0 Å². The summed E-state index contributed by atoms with van der Waals surface area (Å²) in [5.41, 5.74) is 0.762. The van der Waals surface area contributed by atoms with Gasteiger partial charge >= 0.3 is 0 Å². The fraction of sp³-hybridized carbons (Fsp3) is 0.200. The van der Waals surface area contributed by atoms with E-state index in [1.54, 1.807) is 19.3 Å². The smallest absolute Gasteiger partial charge is 0.194 e. The highest BCUT2D eigenvalue weighted by atomic mass is 16.6. The quantitative estimate of drug-likeness (QED) is 0.716. The van der Waals surface area contributed by atoms with E-state index in [0.717, 1.165) is 11.0 Å². The standard InChI is InChI=1S/C10H10O3/c1-7(11)13-10-4-2-3-9-8(10)5-6-12-9/h2-7,11H,1H3. The second-order valence-corrected chi connectivity index (χ2v) is 2.81. The first-order valence-electron chi connectivity index (χ1n) is 4.08. The van der Waals surface area contributed by atoms with Gasteiger partial charge < -0.3 is 14.3 Å². The Hall–Kier alpha value is -1.48. The van der Waals surface area contributed by atoms with Gasteiger partial charge in [-0.3, -0.25) is 0 Å². The number of hydrogen-bond donors (Lipinski definition) is 1. The summed E-state index contributed by atoms with van der Waals surface area (Å²) < 4.78 is 10.4. The zero-order valence-corrected chi connectivity index (χ0v) is 7.23. The van der Waals surface area contributed by atoms with E-state index in [4.69, 9.17) is 14.3 Å². The number of furan rings is 1. The minimum Gasteiger partial charge on any atom is -0.465 e. The van der Waals surface area contributed by atoms with Crippen LogP contribution in [0, 0.1) is 0 Å². The van der Waals surface area contributed by atoms with Crippen molar-refractivity contribution in [3.63, 3.8) is 0 Å². The molecule has 1 atom stereocenters. The van der Waals surface area contributed by atoms with Crippen LogP contribution in [-0.4, -0.2) is 11.4 Å². The summed E-state index contributed by atoms with van der Waals surface area (Å²) in [7, 11) is 0. The minimum absolute atomic E-state index is 0.640. The van der Waals surface area contributed by atoms with E-state index in [2.05, 4.69) is 0 Å². The average molecular weight is 178 g/mol.